The number of aromatic nitrogens is 2. The molecule has 44 heavy (non-hydrogen) atoms. The van der Waals surface area contributed by atoms with Gasteiger partial charge in [-0.05, 0) is 69.8 Å². The lowest BCUT2D eigenvalue weighted by atomic mass is 9.74. The van der Waals surface area contributed by atoms with E-state index in [9.17, 15) is 0 Å². The van der Waals surface area contributed by atoms with Gasteiger partial charge in [-0.25, -0.2) is 0 Å². The molecular weight excluding hydrogens is 532 g/mol. The summed E-state index contributed by atoms with van der Waals surface area (Å²) in [5, 5.41) is 5.31. The van der Waals surface area contributed by atoms with E-state index in [-0.39, 0.29) is 10.8 Å². The Labute approximate surface area is 256 Å². The topological polar surface area (TPSA) is 9.86 Å². The van der Waals surface area contributed by atoms with Crippen LogP contribution in [0.25, 0.3) is 66.1 Å². The lowest BCUT2D eigenvalue weighted by Gasteiger charge is -2.35. The van der Waals surface area contributed by atoms with E-state index in [1.165, 1.54) is 88.4 Å². The first-order valence-electron chi connectivity index (χ1n) is 15.7. The minimum atomic E-state index is -0.171. The lowest BCUT2D eigenvalue weighted by molar-refractivity contribution is 0.630. The maximum atomic E-state index is 2.57. The highest BCUT2D eigenvalue weighted by atomic mass is 15.0. The first kappa shape index (κ1) is 24.4. The molecule has 2 aliphatic rings. The molecule has 0 amide bonds. The number of nitrogens with zero attached hydrogens (tertiary/aromatic N) is 2. The van der Waals surface area contributed by atoms with Gasteiger partial charge >= 0.3 is 0 Å². The van der Waals surface area contributed by atoms with Crippen molar-refractivity contribution in [2.75, 3.05) is 0 Å². The third-order valence-electron chi connectivity index (χ3n) is 10.9. The van der Waals surface area contributed by atoms with Crippen LogP contribution in [0.2, 0.25) is 0 Å². The summed E-state index contributed by atoms with van der Waals surface area (Å²) in [6.07, 6.45) is 0. The van der Waals surface area contributed by atoms with Crippen molar-refractivity contribution in [2.45, 2.75) is 38.5 Å². The minimum Gasteiger partial charge on any atom is -0.309 e. The molecule has 10 rings (SSSR count). The fraction of sp³-hybridized carbons (Fsp3) is 0.143. The van der Waals surface area contributed by atoms with Gasteiger partial charge in [0.15, 0.2) is 0 Å². The van der Waals surface area contributed by atoms with Crippen molar-refractivity contribution in [3.8, 4) is 22.5 Å². The van der Waals surface area contributed by atoms with Crippen LogP contribution in [0, 0.1) is 0 Å². The van der Waals surface area contributed by atoms with E-state index >= 15 is 0 Å². The molecule has 0 N–H and O–H groups in total. The van der Waals surface area contributed by atoms with E-state index in [2.05, 4.69) is 158 Å². The highest BCUT2D eigenvalue weighted by Gasteiger charge is 2.41. The summed E-state index contributed by atoms with van der Waals surface area (Å²) in [4.78, 5) is 0. The van der Waals surface area contributed by atoms with Crippen LogP contribution >= 0.6 is 0 Å². The van der Waals surface area contributed by atoms with Gasteiger partial charge in [0.1, 0.15) is 0 Å². The summed E-state index contributed by atoms with van der Waals surface area (Å²) in [6.45, 7) is 9.63. The molecule has 2 heteroatoms. The van der Waals surface area contributed by atoms with Crippen molar-refractivity contribution in [3.05, 3.63) is 144 Å². The van der Waals surface area contributed by atoms with Crippen molar-refractivity contribution in [1.29, 1.82) is 0 Å². The van der Waals surface area contributed by atoms with Crippen molar-refractivity contribution >= 4 is 43.6 Å². The average Bonchev–Trinajstić information content (AvgIpc) is 3.64. The highest BCUT2D eigenvalue weighted by molar-refractivity contribution is 6.17. The zero-order chi connectivity index (χ0) is 29.5. The van der Waals surface area contributed by atoms with Gasteiger partial charge in [-0.3, -0.25) is 0 Å². The number of hydrogen-bond donors (Lipinski definition) is 0. The normalized spacial score (nSPS) is 15.6. The monoisotopic (exact) mass is 564 g/mol. The summed E-state index contributed by atoms with van der Waals surface area (Å²) in [7, 11) is 0. The predicted molar refractivity (Wildman–Crippen MR) is 185 cm³/mol. The van der Waals surface area contributed by atoms with Gasteiger partial charge in [0.25, 0.3) is 0 Å². The molecule has 0 spiro atoms. The van der Waals surface area contributed by atoms with Crippen molar-refractivity contribution in [3.63, 3.8) is 0 Å². The molecule has 0 radical (unpaired) electrons. The molecule has 6 aromatic carbocycles. The van der Waals surface area contributed by atoms with Crippen molar-refractivity contribution < 1.29 is 0 Å². The van der Waals surface area contributed by atoms with Crippen LogP contribution in [0.5, 0.6) is 0 Å². The van der Waals surface area contributed by atoms with Crippen LogP contribution in [0.3, 0.4) is 0 Å². The Morgan fingerprint density at radius 3 is 1.84 bits per heavy atom. The molecule has 2 aromatic heterocycles. The van der Waals surface area contributed by atoms with E-state index in [1.807, 2.05) is 0 Å². The molecule has 3 heterocycles. The van der Waals surface area contributed by atoms with Gasteiger partial charge < -0.3 is 9.13 Å². The van der Waals surface area contributed by atoms with Crippen molar-refractivity contribution in [2.24, 2.45) is 0 Å². The van der Waals surface area contributed by atoms with Gasteiger partial charge in [-0.2, -0.15) is 0 Å². The number of fused-ring (bicyclic) bond motifs is 12. The third-order valence-corrected chi connectivity index (χ3v) is 10.9. The standard InChI is InChI=1S/C42H32N2/c1-41(2)32-17-9-12-20-36(32)44-37-22-21-29-26-13-5-8-16-31(26)42(3,4)39(29)38(37)30-23-25(24-33(41)40(30)44)43-34-18-10-6-14-27(34)28-15-7-11-19-35(28)43/h5-24H,1-4H3. The largest absolute Gasteiger partial charge is 0.309 e. The van der Waals surface area contributed by atoms with Crippen LogP contribution in [0.4, 0.5) is 0 Å². The summed E-state index contributed by atoms with van der Waals surface area (Å²) >= 11 is 0. The second-order valence-electron chi connectivity index (χ2n) is 13.8. The Balaban J connectivity index is 1.44. The van der Waals surface area contributed by atoms with Crippen LogP contribution in [-0.2, 0) is 10.8 Å². The number of hydrogen-bond acceptors (Lipinski definition) is 0. The van der Waals surface area contributed by atoms with Gasteiger partial charge in [-0.1, -0.05) is 113 Å². The quantitative estimate of drug-likeness (QED) is 0.188. The van der Waals surface area contributed by atoms with E-state index < -0.39 is 0 Å². The predicted octanol–water partition coefficient (Wildman–Crippen LogP) is 10.8. The Bertz CT molecular complexity index is 2500. The lowest BCUT2D eigenvalue weighted by Crippen LogP contribution is -2.26. The van der Waals surface area contributed by atoms with Gasteiger partial charge in [0, 0.05) is 38.1 Å². The maximum Gasteiger partial charge on any atom is 0.0583 e. The molecule has 0 atom stereocenters. The molecule has 0 fully saturated rings. The molecule has 210 valence electrons. The first-order chi connectivity index (χ1) is 21.4. The molecule has 1 aliphatic heterocycles. The van der Waals surface area contributed by atoms with E-state index in [0.29, 0.717) is 0 Å². The molecule has 0 saturated heterocycles. The summed E-state index contributed by atoms with van der Waals surface area (Å²) in [5.74, 6) is 0. The highest BCUT2D eigenvalue weighted by Crippen LogP contribution is 2.56. The number of para-hydroxylation sites is 3. The summed E-state index contributed by atoms with van der Waals surface area (Å²) in [6, 6.07) is 45.5. The Hall–Kier alpha value is -5.08. The second-order valence-corrected chi connectivity index (χ2v) is 13.8. The SMILES string of the molecule is CC1(C)c2ccccc2-c2ccc3c(c21)c1cc(-n2c4ccccc4c4ccccc42)cc2c1n3-c1ccccc1C2(C)C. The number of rotatable bonds is 1. The average molecular weight is 565 g/mol. The third kappa shape index (κ3) is 2.74. The minimum absolute atomic E-state index is 0.114. The molecule has 8 aromatic rings. The Morgan fingerprint density at radius 1 is 0.455 bits per heavy atom. The molecule has 0 bridgehead atoms. The zero-order valence-electron chi connectivity index (χ0n) is 25.4. The van der Waals surface area contributed by atoms with E-state index in [4.69, 9.17) is 0 Å². The van der Waals surface area contributed by atoms with Gasteiger partial charge in [0.2, 0.25) is 0 Å². The summed E-state index contributed by atoms with van der Waals surface area (Å²) < 4.78 is 5.05. The van der Waals surface area contributed by atoms with Crippen LogP contribution in [0.15, 0.2) is 121 Å². The fourth-order valence-electron chi connectivity index (χ4n) is 8.89. The summed E-state index contributed by atoms with van der Waals surface area (Å²) in [5.41, 5.74) is 15.7. The molecular formula is C42H32N2. The maximum absolute atomic E-state index is 2.57. The van der Waals surface area contributed by atoms with Crippen LogP contribution in [0.1, 0.15) is 49.9 Å². The smallest absolute Gasteiger partial charge is 0.0583 e. The molecule has 2 nitrogen and oxygen atoms in total. The van der Waals surface area contributed by atoms with Crippen LogP contribution < -0.4 is 0 Å². The Morgan fingerprint density at radius 2 is 1.09 bits per heavy atom. The van der Waals surface area contributed by atoms with Crippen molar-refractivity contribution in [1.82, 2.24) is 9.13 Å². The van der Waals surface area contributed by atoms with Crippen LogP contribution in [-0.4, -0.2) is 9.13 Å². The first-order valence-corrected chi connectivity index (χ1v) is 15.7. The van der Waals surface area contributed by atoms with Gasteiger partial charge in [0.05, 0.1) is 27.8 Å². The molecule has 0 saturated carbocycles. The van der Waals surface area contributed by atoms with E-state index in [1.54, 1.807) is 0 Å². The Kier molecular flexibility index (Phi) is 4.37. The van der Waals surface area contributed by atoms with Gasteiger partial charge in [-0.15, -0.1) is 0 Å². The van der Waals surface area contributed by atoms with E-state index in [0.717, 1.165) is 0 Å². The second kappa shape index (κ2) is 7.89. The zero-order valence-corrected chi connectivity index (χ0v) is 25.4. The molecule has 1 aliphatic carbocycles. The molecule has 0 unspecified atom stereocenters. The fourth-order valence-corrected chi connectivity index (χ4v) is 8.89. The number of benzene rings is 6.